The molecular formula is C22H28N4O4S. The molecule has 0 saturated carbocycles. The van der Waals surface area contributed by atoms with E-state index in [9.17, 15) is 13.2 Å². The molecule has 2 aromatic carbocycles. The van der Waals surface area contributed by atoms with Gasteiger partial charge in [0.2, 0.25) is 10.0 Å². The monoisotopic (exact) mass is 444 g/mol. The zero-order chi connectivity index (χ0) is 22.8. The molecule has 1 saturated heterocycles. The van der Waals surface area contributed by atoms with Crippen LogP contribution in [-0.4, -0.2) is 50.4 Å². The number of amidine groups is 1. The van der Waals surface area contributed by atoms with E-state index in [-0.39, 0.29) is 23.8 Å². The van der Waals surface area contributed by atoms with E-state index in [4.69, 9.17) is 15.9 Å². The Kier molecular flexibility index (Phi) is 6.66. The van der Waals surface area contributed by atoms with Crippen LogP contribution in [0.15, 0.2) is 53.4 Å². The third-order valence-electron chi connectivity index (χ3n) is 5.29. The molecule has 0 bridgehead atoms. The van der Waals surface area contributed by atoms with E-state index in [0.717, 1.165) is 11.3 Å². The fourth-order valence-corrected chi connectivity index (χ4v) is 4.96. The van der Waals surface area contributed by atoms with Gasteiger partial charge in [-0.25, -0.2) is 8.42 Å². The summed E-state index contributed by atoms with van der Waals surface area (Å²) in [7, 11) is -3.73. The van der Waals surface area contributed by atoms with Crippen molar-refractivity contribution in [2.24, 2.45) is 5.73 Å². The molecule has 3 N–H and O–H groups in total. The van der Waals surface area contributed by atoms with Gasteiger partial charge in [-0.2, -0.15) is 4.31 Å². The summed E-state index contributed by atoms with van der Waals surface area (Å²) < 4.78 is 33.2. The number of anilines is 1. The van der Waals surface area contributed by atoms with Gasteiger partial charge in [-0.3, -0.25) is 10.2 Å². The molecule has 0 radical (unpaired) electrons. The minimum atomic E-state index is -3.73. The number of carbonyl (C=O) groups excluding carboxylic acids is 1. The summed E-state index contributed by atoms with van der Waals surface area (Å²) in [6, 6.07) is 13.9. The Bertz CT molecular complexity index is 1050. The van der Waals surface area contributed by atoms with Crippen molar-refractivity contribution in [2.45, 2.75) is 37.8 Å². The zero-order valence-corrected chi connectivity index (χ0v) is 18.7. The highest BCUT2D eigenvalue weighted by atomic mass is 32.2. The number of sulfonamides is 1. The molecule has 0 aliphatic carbocycles. The third kappa shape index (κ3) is 5.05. The van der Waals surface area contributed by atoms with Crippen LogP contribution < -0.4 is 10.6 Å². The minimum Gasteiger partial charge on any atom is -0.440 e. The molecule has 1 fully saturated rings. The largest absolute Gasteiger partial charge is 0.440 e. The lowest BCUT2D eigenvalue weighted by Crippen LogP contribution is -2.56. The van der Waals surface area contributed by atoms with Gasteiger partial charge < -0.3 is 15.4 Å². The Labute approximate surface area is 183 Å². The Morgan fingerprint density at radius 2 is 1.71 bits per heavy atom. The number of rotatable bonds is 6. The lowest BCUT2D eigenvalue weighted by molar-refractivity contribution is -0.147. The van der Waals surface area contributed by atoms with Gasteiger partial charge in [-0.1, -0.05) is 26.0 Å². The highest BCUT2D eigenvalue weighted by Crippen LogP contribution is 2.26. The van der Waals surface area contributed by atoms with Crippen molar-refractivity contribution >= 4 is 27.5 Å². The lowest BCUT2D eigenvalue weighted by atomic mass is 10.0. The van der Waals surface area contributed by atoms with Crippen molar-refractivity contribution in [1.82, 2.24) is 4.31 Å². The maximum Gasteiger partial charge on any atom is 0.304 e. The predicted molar refractivity (Wildman–Crippen MR) is 120 cm³/mol. The molecule has 1 heterocycles. The standard InChI is InChI=1S/C22H28N4O4S/c1-15(2)17-6-10-20(11-7-17)31(28,29)25-12-13-26(21(14-25)30-16(3)27)19-8-4-18(5-9-19)22(23)24/h4-11,15,21H,12-14H2,1-3H3,(H3,23,24). The number of carbonyl (C=O) groups is 1. The molecule has 1 atom stereocenters. The summed E-state index contributed by atoms with van der Waals surface area (Å²) in [6.07, 6.45) is -0.765. The number of nitrogens with two attached hydrogens (primary N) is 1. The van der Waals surface area contributed by atoms with Gasteiger partial charge in [0.1, 0.15) is 5.84 Å². The van der Waals surface area contributed by atoms with Crippen LogP contribution in [0.4, 0.5) is 5.69 Å². The summed E-state index contributed by atoms with van der Waals surface area (Å²) in [6.45, 7) is 6.02. The topological polar surface area (TPSA) is 117 Å². The lowest BCUT2D eigenvalue weighted by Gasteiger charge is -2.41. The highest BCUT2D eigenvalue weighted by molar-refractivity contribution is 7.89. The second kappa shape index (κ2) is 9.07. The third-order valence-corrected chi connectivity index (χ3v) is 7.17. The van der Waals surface area contributed by atoms with Crippen LogP contribution in [-0.2, 0) is 19.6 Å². The first-order valence-electron chi connectivity index (χ1n) is 10.1. The van der Waals surface area contributed by atoms with E-state index in [0.29, 0.717) is 18.0 Å². The number of benzene rings is 2. The van der Waals surface area contributed by atoms with E-state index < -0.39 is 22.2 Å². The van der Waals surface area contributed by atoms with Crippen molar-refractivity contribution in [3.8, 4) is 0 Å². The van der Waals surface area contributed by atoms with E-state index in [1.54, 1.807) is 36.4 Å². The molecule has 8 nitrogen and oxygen atoms in total. The Hall–Kier alpha value is -2.91. The normalized spacial score (nSPS) is 17.5. The molecule has 1 unspecified atom stereocenters. The average Bonchev–Trinajstić information content (AvgIpc) is 2.73. The summed E-state index contributed by atoms with van der Waals surface area (Å²) in [5.41, 5.74) is 7.92. The number of nitrogens with one attached hydrogen (secondary N) is 1. The Morgan fingerprint density at radius 1 is 1.10 bits per heavy atom. The molecule has 1 aliphatic rings. The van der Waals surface area contributed by atoms with Crippen molar-refractivity contribution < 1.29 is 17.9 Å². The predicted octanol–water partition coefficient (Wildman–Crippen LogP) is 2.49. The average molecular weight is 445 g/mol. The van der Waals surface area contributed by atoms with Crippen molar-refractivity contribution in [1.29, 1.82) is 5.41 Å². The molecule has 0 aromatic heterocycles. The van der Waals surface area contributed by atoms with Crippen LogP contribution >= 0.6 is 0 Å². The number of piperazine rings is 1. The first-order valence-corrected chi connectivity index (χ1v) is 11.5. The van der Waals surface area contributed by atoms with Crippen LogP contribution in [0.1, 0.15) is 37.8 Å². The molecule has 0 amide bonds. The number of esters is 1. The van der Waals surface area contributed by atoms with E-state index in [1.165, 1.54) is 11.2 Å². The van der Waals surface area contributed by atoms with Crippen molar-refractivity contribution in [2.75, 3.05) is 24.5 Å². The SMILES string of the molecule is CC(=O)OC1CN(S(=O)(=O)c2ccc(C(C)C)cc2)CCN1c1ccc(C(=N)N)cc1. The van der Waals surface area contributed by atoms with Crippen molar-refractivity contribution in [3.05, 3.63) is 59.7 Å². The molecule has 9 heteroatoms. The number of nitrogen functional groups attached to an aromatic ring is 1. The molecule has 166 valence electrons. The van der Waals surface area contributed by atoms with Gasteiger partial charge in [0.05, 0.1) is 11.4 Å². The van der Waals surface area contributed by atoms with Crippen molar-refractivity contribution in [3.63, 3.8) is 0 Å². The second-order valence-corrected chi connectivity index (χ2v) is 9.74. The van der Waals surface area contributed by atoms with E-state index in [2.05, 4.69) is 13.8 Å². The Morgan fingerprint density at radius 3 is 2.23 bits per heavy atom. The molecule has 31 heavy (non-hydrogen) atoms. The number of ether oxygens (including phenoxy) is 1. The zero-order valence-electron chi connectivity index (χ0n) is 17.9. The first kappa shape index (κ1) is 22.8. The smallest absolute Gasteiger partial charge is 0.304 e. The number of nitrogens with zero attached hydrogens (tertiary/aromatic N) is 2. The van der Waals surface area contributed by atoms with Gasteiger partial charge in [0, 0.05) is 31.3 Å². The molecule has 2 aromatic rings. The van der Waals surface area contributed by atoms with Gasteiger partial charge >= 0.3 is 5.97 Å². The second-order valence-electron chi connectivity index (χ2n) is 7.80. The quantitative estimate of drug-likeness (QED) is 0.402. The van der Waals surface area contributed by atoms with Gasteiger partial charge in [-0.05, 0) is 47.9 Å². The highest BCUT2D eigenvalue weighted by Gasteiger charge is 2.36. The summed E-state index contributed by atoms with van der Waals surface area (Å²) in [5, 5.41) is 7.52. The maximum atomic E-state index is 13.2. The van der Waals surface area contributed by atoms with Crippen LogP contribution in [0, 0.1) is 5.41 Å². The fourth-order valence-electron chi connectivity index (χ4n) is 3.54. The van der Waals surface area contributed by atoms with E-state index in [1.807, 2.05) is 17.0 Å². The number of hydrogen-bond donors (Lipinski definition) is 2. The van der Waals surface area contributed by atoms with Gasteiger partial charge in [0.15, 0.2) is 6.23 Å². The van der Waals surface area contributed by atoms with Gasteiger partial charge in [-0.15, -0.1) is 0 Å². The van der Waals surface area contributed by atoms with Gasteiger partial charge in [0.25, 0.3) is 0 Å². The first-order chi connectivity index (χ1) is 14.6. The Balaban J connectivity index is 1.84. The molecule has 0 spiro atoms. The molecule has 3 rings (SSSR count). The molecule has 1 aliphatic heterocycles. The van der Waals surface area contributed by atoms with Crippen LogP contribution in [0.25, 0.3) is 0 Å². The molecular weight excluding hydrogens is 416 g/mol. The summed E-state index contributed by atoms with van der Waals surface area (Å²) >= 11 is 0. The minimum absolute atomic E-state index is 0.0162. The number of hydrogen-bond acceptors (Lipinski definition) is 6. The van der Waals surface area contributed by atoms with Crippen LogP contribution in [0.3, 0.4) is 0 Å². The van der Waals surface area contributed by atoms with Crippen LogP contribution in [0.2, 0.25) is 0 Å². The fraction of sp³-hybridized carbons (Fsp3) is 0.364. The van der Waals surface area contributed by atoms with Crippen LogP contribution in [0.5, 0.6) is 0 Å². The maximum absolute atomic E-state index is 13.2. The van der Waals surface area contributed by atoms with E-state index >= 15 is 0 Å². The summed E-state index contributed by atoms with van der Waals surface area (Å²) in [4.78, 5) is 13.8. The summed E-state index contributed by atoms with van der Waals surface area (Å²) in [5.74, 6) is -0.221.